The van der Waals surface area contributed by atoms with Crippen LogP contribution in [0.15, 0.2) is 0 Å². The van der Waals surface area contributed by atoms with E-state index < -0.39 is 11.2 Å². The van der Waals surface area contributed by atoms with Crippen LogP contribution in [0.25, 0.3) is 0 Å². The molecule has 0 aliphatic rings. The molecule has 8 nitrogen and oxygen atoms in total. The first-order valence-corrected chi connectivity index (χ1v) is 7.24. The minimum atomic E-state index is -1.11. The van der Waals surface area contributed by atoms with Crippen LogP contribution >= 0.6 is 0 Å². The summed E-state index contributed by atoms with van der Waals surface area (Å²) in [6.07, 6.45) is 0.940. The normalized spacial score (nSPS) is 15.1. The van der Waals surface area contributed by atoms with E-state index in [1.165, 1.54) is 0 Å². The highest BCUT2D eigenvalue weighted by Gasteiger charge is 2.30. The molecule has 1 unspecified atom stereocenters. The molecule has 2 aromatic heterocycles. The fourth-order valence-electron chi connectivity index (χ4n) is 2.24. The van der Waals surface area contributed by atoms with Crippen LogP contribution < -0.4 is 0 Å². The standard InChI is InChI=1S/C14H24N6O2/c1-9-16-17-12(19(9)5)14(4,22)8-7-10-15-11(13(2,3)21)18-20(10)6/h21-22H,7-8H2,1-6H3. The Morgan fingerprint density at radius 3 is 2.18 bits per heavy atom. The zero-order valence-electron chi connectivity index (χ0n) is 14.0. The molecule has 0 saturated carbocycles. The van der Waals surface area contributed by atoms with Crippen molar-refractivity contribution in [2.75, 3.05) is 0 Å². The van der Waals surface area contributed by atoms with Crippen molar-refractivity contribution in [2.24, 2.45) is 14.1 Å². The average Bonchev–Trinajstić information content (AvgIpc) is 2.92. The number of nitrogens with zero attached hydrogens (tertiary/aromatic N) is 6. The highest BCUT2D eigenvalue weighted by atomic mass is 16.3. The lowest BCUT2D eigenvalue weighted by Gasteiger charge is -2.21. The van der Waals surface area contributed by atoms with E-state index in [1.807, 2.05) is 14.0 Å². The molecule has 2 aromatic rings. The molecule has 0 aliphatic carbocycles. The van der Waals surface area contributed by atoms with Gasteiger partial charge in [0.25, 0.3) is 0 Å². The molecule has 0 aromatic carbocycles. The fraction of sp³-hybridized carbons (Fsp3) is 0.714. The van der Waals surface area contributed by atoms with Gasteiger partial charge in [0.05, 0.1) is 0 Å². The second-order valence-corrected chi connectivity index (χ2v) is 6.44. The molecular weight excluding hydrogens is 284 g/mol. The Morgan fingerprint density at radius 2 is 1.73 bits per heavy atom. The summed E-state index contributed by atoms with van der Waals surface area (Å²) < 4.78 is 3.41. The largest absolute Gasteiger partial charge is 0.382 e. The van der Waals surface area contributed by atoms with Gasteiger partial charge in [-0.1, -0.05) is 0 Å². The van der Waals surface area contributed by atoms with Crippen molar-refractivity contribution in [3.8, 4) is 0 Å². The van der Waals surface area contributed by atoms with Gasteiger partial charge < -0.3 is 14.8 Å². The Balaban J connectivity index is 2.16. The highest BCUT2D eigenvalue weighted by molar-refractivity contribution is 5.05. The quantitative estimate of drug-likeness (QED) is 0.825. The van der Waals surface area contributed by atoms with Gasteiger partial charge in [-0.2, -0.15) is 5.10 Å². The summed E-state index contributed by atoms with van der Waals surface area (Å²) in [4.78, 5) is 4.35. The van der Waals surface area contributed by atoms with Gasteiger partial charge in [0.15, 0.2) is 11.6 Å². The van der Waals surface area contributed by atoms with Crippen molar-refractivity contribution in [1.29, 1.82) is 0 Å². The van der Waals surface area contributed by atoms with Crippen molar-refractivity contribution < 1.29 is 10.2 Å². The zero-order chi connectivity index (χ0) is 16.7. The van der Waals surface area contributed by atoms with Crippen LogP contribution in [0, 0.1) is 6.92 Å². The molecule has 122 valence electrons. The van der Waals surface area contributed by atoms with E-state index in [9.17, 15) is 10.2 Å². The van der Waals surface area contributed by atoms with Gasteiger partial charge in [0.1, 0.15) is 22.9 Å². The summed E-state index contributed by atoms with van der Waals surface area (Å²) in [6, 6.07) is 0. The molecule has 1 atom stereocenters. The molecule has 2 rings (SSSR count). The van der Waals surface area contributed by atoms with Gasteiger partial charge >= 0.3 is 0 Å². The lowest BCUT2D eigenvalue weighted by atomic mass is 9.99. The summed E-state index contributed by atoms with van der Waals surface area (Å²) in [5.41, 5.74) is -2.20. The molecule has 0 fully saturated rings. The Hall–Kier alpha value is -1.80. The monoisotopic (exact) mass is 308 g/mol. The molecule has 8 heteroatoms. The van der Waals surface area contributed by atoms with Crippen LogP contribution in [0.1, 0.15) is 50.5 Å². The van der Waals surface area contributed by atoms with Crippen LogP contribution in [-0.4, -0.2) is 39.7 Å². The van der Waals surface area contributed by atoms with E-state index >= 15 is 0 Å². The summed E-state index contributed by atoms with van der Waals surface area (Å²) >= 11 is 0. The number of aliphatic hydroxyl groups is 2. The zero-order valence-corrected chi connectivity index (χ0v) is 14.0. The Labute approximate surface area is 129 Å². The second kappa shape index (κ2) is 5.44. The van der Waals surface area contributed by atoms with E-state index in [0.29, 0.717) is 30.3 Å². The van der Waals surface area contributed by atoms with Crippen LogP contribution in [0.3, 0.4) is 0 Å². The van der Waals surface area contributed by atoms with Gasteiger partial charge in [-0.3, -0.25) is 4.68 Å². The van der Waals surface area contributed by atoms with E-state index in [0.717, 1.165) is 5.82 Å². The third-order valence-corrected chi connectivity index (χ3v) is 3.81. The van der Waals surface area contributed by atoms with Crippen LogP contribution in [0.4, 0.5) is 0 Å². The smallest absolute Gasteiger partial charge is 0.181 e. The first-order valence-electron chi connectivity index (χ1n) is 7.24. The van der Waals surface area contributed by atoms with Gasteiger partial charge in [-0.25, -0.2) is 4.98 Å². The van der Waals surface area contributed by atoms with E-state index in [2.05, 4.69) is 20.3 Å². The third-order valence-electron chi connectivity index (χ3n) is 3.81. The van der Waals surface area contributed by atoms with E-state index in [-0.39, 0.29) is 0 Å². The number of hydrogen-bond acceptors (Lipinski definition) is 6. The summed E-state index contributed by atoms with van der Waals surface area (Å²) in [6.45, 7) is 6.84. The molecule has 22 heavy (non-hydrogen) atoms. The topological polar surface area (TPSA) is 102 Å². The Morgan fingerprint density at radius 1 is 1.09 bits per heavy atom. The lowest BCUT2D eigenvalue weighted by molar-refractivity contribution is 0.0348. The predicted octanol–water partition coefficient (Wildman–Crippen LogP) is 0.320. The van der Waals surface area contributed by atoms with Gasteiger partial charge in [0, 0.05) is 20.5 Å². The average molecular weight is 308 g/mol. The van der Waals surface area contributed by atoms with Crippen molar-refractivity contribution in [2.45, 2.75) is 51.7 Å². The molecule has 2 N–H and O–H groups in total. The third kappa shape index (κ3) is 3.17. The maximum Gasteiger partial charge on any atom is 0.181 e. The molecule has 0 aliphatic heterocycles. The molecular formula is C14H24N6O2. The highest BCUT2D eigenvalue weighted by Crippen LogP contribution is 2.25. The van der Waals surface area contributed by atoms with Crippen molar-refractivity contribution in [3.05, 3.63) is 23.3 Å². The SMILES string of the molecule is Cc1nnc(C(C)(O)CCc2nc(C(C)(C)O)nn2C)n1C. The molecule has 0 saturated heterocycles. The number of aryl methyl sites for hydroxylation is 3. The summed E-state index contributed by atoms with van der Waals surface area (Å²) in [5, 5.41) is 32.9. The predicted molar refractivity (Wildman–Crippen MR) is 79.9 cm³/mol. The first-order chi connectivity index (χ1) is 10.0. The molecule has 0 bridgehead atoms. The second-order valence-electron chi connectivity index (χ2n) is 6.44. The summed E-state index contributed by atoms with van der Waals surface area (Å²) in [7, 11) is 3.60. The van der Waals surface area contributed by atoms with Crippen molar-refractivity contribution in [1.82, 2.24) is 29.5 Å². The number of aromatic nitrogens is 6. The van der Waals surface area contributed by atoms with E-state index in [1.54, 1.807) is 37.1 Å². The van der Waals surface area contributed by atoms with Gasteiger partial charge in [-0.05, 0) is 34.1 Å². The van der Waals surface area contributed by atoms with E-state index in [4.69, 9.17) is 0 Å². The number of rotatable bonds is 5. The van der Waals surface area contributed by atoms with Crippen LogP contribution in [-0.2, 0) is 31.7 Å². The van der Waals surface area contributed by atoms with Crippen molar-refractivity contribution in [3.63, 3.8) is 0 Å². The molecule has 2 heterocycles. The lowest BCUT2D eigenvalue weighted by Crippen LogP contribution is -2.27. The molecule has 0 amide bonds. The minimum absolute atomic E-state index is 0.374. The van der Waals surface area contributed by atoms with Gasteiger partial charge in [0.2, 0.25) is 0 Å². The fourth-order valence-corrected chi connectivity index (χ4v) is 2.24. The maximum atomic E-state index is 10.7. The van der Waals surface area contributed by atoms with Crippen LogP contribution in [0.5, 0.6) is 0 Å². The minimum Gasteiger partial charge on any atom is -0.382 e. The molecule has 0 radical (unpaired) electrons. The number of hydrogen-bond donors (Lipinski definition) is 2. The maximum absolute atomic E-state index is 10.7. The first kappa shape index (κ1) is 16.6. The van der Waals surface area contributed by atoms with Gasteiger partial charge in [-0.15, -0.1) is 10.2 Å². The van der Waals surface area contributed by atoms with Crippen molar-refractivity contribution >= 4 is 0 Å². The van der Waals surface area contributed by atoms with Crippen LogP contribution in [0.2, 0.25) is 0 Å². The molecule has 0 spiro atoms. The summed E-state index contributed by atoms with van der Waals surface area (Å²) in [5.74, 6) is 2.35. The Kier molecular flexibility index (Phi) is 4.09. The Bertz CT molecular complexity index is 665.